The van der Waals surface area contributed by atoms with Gasteiger partial charge in [-0.25, -0.2) is 0 Å². The number of carbonyl (C=O) groups is 1. The van der Waals surface area contributed by atoms with E-state index in [9.17, 15) is 4.79 Å². The van der Waals surface area contributed by atoms with Crippen LogP contribution in [0.5, 0.6) is 5.75 Å². The van der Waals surface area contributed by atoms with Crippen molar-refractivity contribution in [3.05, 3.63) is 90.0 Å². The fourth-order valence-electron chi connectivity index (χ4n) is 3.14. The number of para-hydroxylation sites is 2. The normalized spacial score (nSPS) is 10.4. The van der Waals surface area contributed by atoms with Crippen LogP contribution in [-0.4, -0.2) is 19.1 Å². The molecular weight excluding hydrogens is 360 g/mol. The maximum atomic E-state index is 12.9. The van der Waals surface area contributed by atoms with Crippen molar-refractivity contribution in [2.45, 2.75) is 26.8 Å². The molecule has 0 aliphatic rings. The standard InChI is InChI=1S/C25H28N2O2/c1-3-16-29-24-15-8-7-14-23(24)26-25(28)19-27(18-21-11-5-4-6-12-21)22-13-9-10-20(2)17-22/h4-15,17H,3,16,18-19H2,1-2H3,(H,26,28). The number of aryl methyl sites for hydroxylation is 1. The van der Waals surface area contributed by atoms with Crippen LogP contribution in [0.25, 0.3) is 0 Å². The highest BCUT2D eigenvalue weighted by molar-refractivity contribution is 5.95. The molecule has 0 unspecified atom stereocenters. The third-order valence-corrected chi connectivity index (χ3v) is 4.54. The molecule has 150 valence electrons. The van der Waals surface area contributed by atoms with Crippen molar-refractivity contribution in [2.24, 2.45) is 0 Å². The third-order valence-electron chi connectivity index (χ3n) is 4.54. The molecule has 0 saturated carbocycles. The van der Waals surface area contributed by atoms with Gasteiger partial charge in [0.2, 0.25) is 5.91 Å². The van der Waals surface area contributed by atoms with Gasteiger partial charge in [-0.1, -0.05) is 61.5 Å². The molecule has 0 atom stereocenters. The average molecular weight is 389 g/mol. The first-order chi connectivity index (χ1) is 14.2. The predicted molar refractivity (Wildman–Crippen MR) is 120 cm³/mol. The zero-order chi connectivity index (χ0) is 20.5. The predicted octanol–water partition coefficient (Wildman–Crippen LogP) is 5.43. The molecule has 1 N–H and O–H groups in total. The number of hydrogen-bond acceptors (Lipinski definition) is 3. The van der Waals surface area contributed by atoms with E-state index in [2.05, 4.69) is 48.3 Å². The quantitative estimate of drug-likeness (QED) is 0.531. The van der Waals surface area contributed by atoms with Crippen molar-refractivity contribution in [3.63, 3.8) is 0 Å². The highest BCUT2D eigenvalue weighted by Gasteiger charge is 2.14. The summed E-state index contributed by atoms with van der Waals surface area (Å²) in [4.78, 5) is 15.0. The summed E-state index contributed by atoms with van der Waals surface area (Å²) in [5.41, 5.74) is 4.06. The summed E-state index contributed by atoms with van der Waals surface area (Å²) in [6, 6.07) is 26.0. The second kappa shape index (κ2) is 10.3. The number of ether oxygens (including phenoxy) is 1. The number of hydrogen-bond donors (Lipinski definition) is 1. The minimum atomic E-state index is -0.0741. The van der Waals surface area contributed by atoms with Crippen LogP contribution in [0.3, 0.4) is 0 Å². The Labute approximate surface area is 173 Å². The summed E-state index contributed by atoms with van der Waals surface area (Å²) in [7, 11) is 0. The summed E-state index contributed by atoms with van der Waals surface area (Å²) in [6.07, 6.45) is 0.917. The second-order valence-electron chi connectivity index (χ2n) is 7.07. The zero-order valence-electron chi connectivity index (χ0n) is 17.1. The summed E-state index contributed by atoms with van der Waals surface area (Å²) in [5.74, 6) is 0.628. The molecule has 0 aliphatic heterocycles. The van der Waals surface area contributed by atoms with Crippen LogP contribution in [0.1, 0.15) is 24.5 Å². The number of benzene rings is 3. The molecule has 3 aromatic rings. The van der Waals surface area contributed by atoms with Crippen LogP contribution in [0, 0.1) is 6.92 Å². The minimum Gasteiger partial charge on any atom is -0.491 e. The van der Waals surface area contributed by atoms with Gasteiger partial charge >= 0.3 is 0 Å². The number of anilines is 2. The summed E-state index contributed by atoms with van der Waals surface area (Å²) in [5, 5.41) is 3.01. The smallest absolute Gasteiger partial charge is 0.244 e. The molecule has 0 fully saturated rings. The van der Waals surface area contributed by atoms with Gasteiger partial charge in [-0.05, 0) is 48.7 Å². The molecule has 0 spiro atoms. The third kappa shape index (κ3) is 6.11. The Kier molecular flexibility index (Phi) is 7.28. The molecule has 0 aromatic heterocycles. The summed E-state index contributed by atoms with van der Waals surface area (Å²) >= 11 is 0. The van der Waals surface area contributed by atoms with Gasteiger partial charge in [0.15, 0.2) is 0 Å². The zero-order valence-corrected chi connectivity index (χ0v) is 17.1. The first-order valence-electron chi connectivity index (χ1n) is 10.0. The second-order valence-corrected chi connectivity index (χ2v) is 7.07. The van der Waals surface area contributed by atoms with Gasteiger partial charge in [0.05, 0.1) is 18.8 Å². The molecule has 3 aromatic carbocycles. The maximum absolute atomic E-state index is 12.9. The van der Waals surface area contributed by atoms with Crippen molar-refractivity contribution < 1.29 is 9.53 Å². The van der Waals surface area contributed by atoms with Crippen LogP contribution >= 0.6 is 0 Å². The highest BCUT2D eigenvalue weighted by Crippen LogP contribution is 2.24. The topological polar surface area (TPSA) is 41.6 Å². The average Bonchev–Trinajstić information content (AvgIpc) is 2.73. The highest BCUT2D eigenvalue weighted by atomic mass is 16.5. The molecule has 0 radical (unpaired) electrons. The number of amides is 1. The van der Waals surface area contributed by atoms with E-state index < -0.39 is 0 Å². The fourth-order valence-corrected chi connectivity index (χ4v) is 3.14. The number of nitrogens with one attached hydrogen (secondary N) is 1. The van der Waals surface area contributed by atoms with Gasteiger partial charge < -0.3 is 15.0 Å². The Balaban J connectivity index is 1.76. The van der Waals surface area contributed by atoms with Gasteiger partial charge in [-0.15, -0.1) is 0 Å². The van der Waals surface area contributed by atoms with Crippen LogP contribution in [0.15, 0.2) is 78.9 Å². The van der Waals surface area contributed by atoms with Gasteiger partial charge in [0.1, 0.15) is 5.75 Å². The Hall–Kier alpha value is -3.27. The lowest BCUT2D eigenvalue weighted by Gasteiger charge is -2.25. The molecule has 3 rings (SSSR count). The lowest BCUT2D eigenvalue weighted by molar-refractivity contribution is -0.115. The van der Waals surface area contributed by atoms with E-state index in [0.29, 0.717) is 24.6 Å². The van der Waals surface area contributed by atoms with E-state index in [-0.39, 0.29) is 12.5 Å². The Morgan fingerprint density at radius 1 is 0.966 bits per heavy atom. The van der Waals surface area contributed by atoms with Crippen molar-refractivity contribution in [3.8, 4) is 5.75 Å². The molecule has 4 heteroatoms. The van der Waals surface area contributed by atoms with Crippen LogP contribution in [-0.2, 0) is 11.3 Å². The molecule has 0 aliphatic carbocycles. The molecule has 29 heavy (non-hydrogen) atoms. The van der Waals surface area contributed by atoms with E-state index in [0.717, 1.165) is 17.7 Å². The minimum absolute atomic E-state index is 0.0741. The molecule has 0 heterocycles. The summed E-state index contributed by atoms with van der Waals surface area (Å²) in [6.45, 7) is 5.65. The Bertz CT molecular complexity index is 925. The van der Waals surface area contributed by atoms with Crippen molar-refractivity contribution >= 4 is 17.3 Å². The number of rotatable bonds is 9. The van der Waals surface area contributed by atoms with E-state index in [4.69, 9.17) is 4.74 Å². The summed E-state index contributed by atoms with van der Waals surface area (Å²) < 4.78 is 5.76. The van der Waals surface area contributed by atoms with Crippen molar-refractivity contribution in [1.82, 2.24) is 0 Å². The number of carbonyl (C=O) groups excluding carboxylic acids is 1. The monoisotopic (exact) mass is 388 g/mol. The Morgan fingerprint density at radius 3 is 2.48 bits per heavy atom. The molecule has 1 amide bonds. The molecule has 0 saturated heterocycles. The van der Waals surface area contributed by atoms with Gasteiger partial charge in [-0.3, -0.25) is 4.79 Å². The van der Waals surface area contributed by atoms with Crippen LogP contribution < -0.4 is 15.0 Å². The van der Waals surface area contributed by atoms with E-state index in [1.807, 2.05) is 54.6 Å². The van der Waals surface area contributed by atoms with E-state index >= 15 is 0 Å². The first kappa shape index (κ1) is 20.5. The van der Waals surface area contributed by atoms with Crippen LogP contribution in [0.2, 0.25) is 0 Å². The van der Waals surface area contributed by atoms with E-state index in [1.54, 1.807) is 0 Å². The van der Waals surface area contributed by atoms with Gasteiger partial charge in [-0.2, -0.15) is 0 Å². The largest absolute Gasteiger partial charge is 0.491 e. The lowest BCUT2D eigenvalue weighted by Crippen LogP contribution is -2.33. The molecule has 4 nitrogen and oxygen atoms in total. The van der Waals surface area contributed by atoms with E-state index in [1.165, 1.54) is 5.56 Å². The van der Waals surface area contributed by atoms with Crippen molar-refractivity contribution in [1.29, 1.82) is 0 Å². The number of nitrogens with zero attached hydrogens (tertiary/aromatic N) is 1. The Morgan fingerprint density at radius 2 is 1.72 bits per heavy atom. The van der Waals surface area contributed by atoms with Gasteiger partial charge in [0.25, 0.3) is 0 Å². The van der Waals surface area contributed by atoms with Gasteiger partial charge in [0, 0.05) is 12.2 Å². The first-order valence-corrected chi connectivity index (χ1v) is 10.0. The van der Waals surface area contributed by atoms with Crippen molar-refractivity contribution in [2.75, 3.05) is 23.4 Å². The molecular formula is C25H28N2O2. The molecule has 0 bridgehead atoms. The SMILES string of the molecule is CCCOc1ccccc1NC(=O)CN(Cc1ccccc1)c1cccc(C)c1. The lowest BCUT2D eigenvalue weighted by atomic mass is 10.1. The maximum Gasteiger partial charge on any atom is 0.244 e. The fraction of sp³-hybridized carbons (Fsp3) is 0.240. The van der Waals surface area contributed by atoms with Crippen LogP contribution in [0.4, 0.5) is 11.4 Å².